The largest absolute Gasteiger partial charge is 0.463 e. The lowest BCUT2D eigenvalue weighted by Crippen LogP contribution is -2.48. The van der Waals surface area contributed by atoms with Gasteiger partial charge in [0.25, 0.3) is 0 Å². The van der Waals surface area contributed by atoms with Crippen LogP contribution in [0.15, 0.2) is 0 Å². The second kappa shape index (κ2) is 8.99. The van der Waals surface area contributed by atoms with Crippen molar-refractivity contribution in [1.29, 1.82) is 0 Å². The maximum Gasteiger partial charge on any atom is 0.319 e. The molecule has 9 heteroatoms. The summed E-state index contributed by atoms with van der Waals surface area (Å²) < 4.78 is 4.59. The van der Waals surface area contributed by atoms with E-state index in [4.69, 9.17) is 11.5 Å². The van der Waals surface area contributed by atoms with Gasteiger partial charge in [0.1, 0.15) is 18.4 Å². The van der Waals surface area contributed by atoms with E-state index in [-0.39, 0.29) is 32.0 Å². The van der Waals surface area contributed by atoms with E-state index in [0.29, 0.717) is 0 Å². The van der Waals surface area contributed by atoms with Crippen LogP contribution in [0.1, 0.15) is 6.92 Å². The monoisotopic (exact) mass is 288 g/mol. The Balaban J connectivity index is 4.05. The fraction of sp³-hybridized carbons (Fsp3) is 0.636. The molecule has 9 nitrogen and oxygen atoms in total. The molecule has 0 aliphatic carbocycles. The molecule has 0 aliphatic rings. The van der Waals surface area contributed by atoms with Gasteiger partial charge in [0, 0.05) is 7.05 Å². The molecule has 5 N–H and O–H groups in total. The zero-order chi connectivity index (χ0) is 15.7. The number of hydrogen-bond donors (Lipinski definition) is 3. The van der Waals surface area contributed by atoms with Crippen molar-refractivity contribution < 1.29 is 23.9 Å². The van der Waals surface area contributed by atoms with Gasteiger partial charge < -0.3 is 26.4 Å². The van der Waals surface area contributed by atoms with E-state index in [1.807, 2.05) is 0 Å². The molecule has 20 heavy (non-hydrogen) atoms. The number of carbonyl (C=O) groups is 4. The Kier molecular flexibility index (Phi) is 8.09. The average Bonchev–Trinajstić information content (AvgIpc) is 2.40. The van der Waals surface area contributed by atoms with Crippen molar-refractivity contribution >= 4 is 23.6 Å². The van der Waals surface area contributed by atoms with Crippen LogP contribution in [-0.2, 0) is 23.9 Å². The number of nitrogens with one attached hydrogen (secondary N) is 1. The summed E-state index contributed by atoms with van der Waals surface area (Å²) in [5.74, 6) is -1.91. The highest BCUT2D eigenvalue weighted by Crippen LogP contribution is 1.87. The van der Waals surface area contributed by atoms with E-state index in [0.717, 1.165) is 0 Å². The van der Waals surface area contributed by atoms with Gasteiger partial charge in [-0.1, -0.05) is 0 Å². The van der Waals surface area contributed by atoms with Crippen LogP contribution in [0.5, 0.6) is 0 Å². The molecule has 0 fully saturated rings. The Morgan fingerprint density at radius 2 is 1.90 bits per heavy atom. The number of nitrogens with two attached hydrogens (primary N) is 2. The van der Waals surface area contributed by atoms with Crippen molar-refractivity contribution in [2.45, 2.75) is 13.0 Å². The zero-order valence-electron chi connectivity index (χ0n) is 11.5. The number of hydrogen-bond acceptors (Lipinski definition) is 7. The molecule has 2 amide bonds. The smallest absolute Gasteiger partial charge is 0.319 e. The van der Waals surface area contributed by atoms with Gasteiger partial charge in [-0.05, 0) is 6.92 Å². The van der Waals surface area contributed by atoms with Gasteiger partial charge in [-0.3, -0.25) is 19.2 Å². The van der Waals surface area contributed by atoms with Gasteiger partial charge in [-0.2, -0.15) is 0 Å². The number of ether oxygens (including phenoxy) is 1. The quantitative estimate of drug-likeness (QED) is 0.403. The molecule has 0 saturated carbocycles. The third kappa shape index (κ3) is 7.44. The number of Topliss-reactive ketones (excluding diaryl/α,β-unsaturated/α-hetero) is 1. The second-order valence-corrected chi connectivity index (χ2v) is 4.16. The first-order chi connectivity index (χ1) is 9.27. The third-order valence-electron chi connectivity index (χ3n) is 2.23. The van der Waals surface area contributed by atoms with Crippen molar-refractivity contribution in [3.8, 4) is 0 Å². The van der Waals surface area contributed by atoms with Gasteiger partial charge in [0.15, 0.2) is 0 Å². The van der Waals surface area contributed by atoms with Gasteiger partial charge in [-0.25, -0.2) is 0 Å². The van der Waals surface area contributed by atoms with Crippen LogP contribution in [-0.4, -0.2) is 67.8 Å². The summed E-state index contributed by atoms with van der Waals surface area (Å²) in [6.07, 6.45) is 0. The van der Waals surface area contributed by atoms with E-state index >= 15 is 0 Å². The van der Waals surface area contributed by atoms with E-state index in [9.17, 15) is 19.2 Å². The molecular formula is C11H20N4O5. The van der Waals surface area contributed by atoms with Gasteiger partial charge in [0.2, 0.25) is 11.8 Å². The van der Waals surface area contributed by atoms with Crippen LogP contribution in [0.2, 0.25) is 0 Å². The van der Waals surface area contributed by atoms with Crippen LogP contribution in [0.25, 0.3) is 0 Å². The van der Waals surface area contributed by atoms with Crippen LogP contribution >= 0.6 is 0 Å². The lowest BCUT2D eigenvalue weighted by Gasteiger charge is -2.17. The standard InChI is InChI=1S/C11H20N4O5/c1-7(16)5-15(2)9(17)4-14-11(19)8(13)6-20-10(18)3-12/h8H,3-6,12-13H2,1-2H3,(H,14,19)/t8-/m1/s1. The number of ketones is 1. The fourth-order valence-corrected chi connectivity index (χ4v) is 1.17. The van der Waals surface area contributed by atoms with Crippen LogP contribution < -0.4 is 16.8 Å². The summed E-state index contributed by atoms with van der Waals surface area (Å²) >= 11 is 0. The predicted molar refractivity (Wildman–Crippen MR) is 69.3 cm³/mol. The summed E-state index contributed by atoms with van der Waals surface area (Å²) in [6, 6.07) is -1.09. The maximum atomic E-state index is 11.5. The lowest BCUT2D eigenvalue weighted by atomic mass is 10.3. The van der Waals surface area contributed by atoms with Gasteiger partial charge in [0.05, 0.1) is 19.6 Å². The van der Waals surface area contributed by atoms with Crippen molar-refractivity contribution in [2.75, 3.05) is 33.3 Å². The first-order valence-electron chi connectivity index (χ1n) is 5.90. The van der Waals surface area contributed by atoms with Crippen LogP contribution in [0.4, 0.5) is 0 Å². The van der Waals surface area contributed by atoms with Crippen molar-refractivity contribution in [3.63, 3.8) is 0 Å². The Morgan fingerprint density at radius 3 is 2.40 bits per heavy atom. The first-order valence-corrected chi connectivity index (χ1v) is 5.90. The van der Waals surface area contributed by atoms with Crippen LogP contribution in [0, 0.1) is 0 Å². The molecule has 0 aromatic rings. The number of amides is 2. The van der Waals surface area contributed by atoms with E-state index < -0.39 is 23.8 Å². The molecule has 0 heterocycles. The Labute approximate surface area is 116 Å². The summed E-state index contributed by atoms with van der Waals surface area (Å²) in [4.78, 5) is 45.8. The number of rotatable bonds is 8. The number of esters is 1. The molecule has 114 valence electrons. The highest BCUT2D eigenvalue weighted by Gasteiger charge is 2.17. The minimum absolute atomic E-state index is 0.0329. The fourth-order valence-electron chi connectivity index (χ4n) is 1.17. The first kappa shape index (κ1) is 18.0. The lowest BCUT2D eigenvalue weighted by molar-refractivity contribution is -0.143. The minimum atomic E-state index is -1.09. The molecule has 0 bridgehead atoms. The number of nitrogens with zero attached hydrogens (tertiary/aromatic N) is 1. The van der Waals surface area contributed by atoms with E-state index in [1.165, 1.54) is 18.9 Å². The molecule has 0 aromatic carbocycles. The van der Waals surface area contributed by atoms with Gasteiger partial charge >= 0.3 is 5.97 Å². The van der Waals surface area contributed by atoms with Crippen molar-refractivity contribution in [3.05, 3.63) is 0 Å². The predicted octanol–water partition coefficient (Wildman–Crippen LogP) is -3.02. The van der Waals surface area contributed by atoms with E-state index in [1.54, 1.807) is 0 Å². The molecule has 1 atom stereocenters. The SMILES string of the molecule is CC(=O)CN(C)C(=O)CNC(=O)[C@H](N)COC(=O)CN. The number of carbonyl (C=O) groups excluding carboxylic acids is 4. The van der Waals surface area contributed by atoms with Gasteiger partial charge in [-0.15, -0.1) is 0 Å². The summed E-state index contributed by atoms with van der Waals surface area (Å²) in [5, 5.41) is 2.29. The Hall–Kier alpha value is -2.00. The minimum Gasteiger partial charge on any atom is -0.463 e. The highest BCUT2D eigenvalue weighted by atomic mass is 16.5. The second-order valence-electron chi connectivity index (χ2n) is 4.16. The molecule has 0 radical (unpaired) electrons. The third-order valence-corrected chi connectivity index (χ3v) is 2.23. The van der Waals surface area contributed by atoms with Crippen molar-refractivity contribution in [2.24, 2.45) is 11.5 Å². The maximum absolute atomic E-state index is 11.5. The molecule has 0 aromatic heterocycles. The number of likely N-dealkylation sites (N-methyl/N-ethyl adjacent to an activating group) is 1. The van der Waals surface area contributed by atoms with E-state index in [2.05, 4.69) is 10.1 Å². The summed E-state index contributed by atoms with van der Waals surface area (Å²) in [7, 11) is 1.44. The highest BCUT2D eigenvalue weighted by molar-refractivity contribution is 5.89. The van der Waals surface area contributed by atoms with Crippen LogP contribution in [0.3, 0.4) is 0 Å². The molecule has 0 aliphatic heterocycles. The Morgan fingerprint density at radius 1 is 1.30 bits per heavy atom. The average molecular weight is 288 g/mol. The summed E-state index contributed by atoms with van der Waals surface area (Å²) in [5.41, 5.74) is 10.5. The normalized spacial score (nSPS) is 11.4. The molecular weight excluding hydrogens is 268 g/mol. The Bertz CT molecular complexity index is 385. The molecule has 0 saturated heterocycles. The topological polar surface area (TPSA) is 145 Å². The molecule has 0 spiro atoms. The molecule has 0 rings (SSSR count). The summed E-state index contributed by atoms with van der Waals surface area (Å²) in [6.45, 7) is 0.405. The molecule has 0 unspecified atom stereocenters. The zero-order valence-corrected chi connectivity index (χ0v) is 11.5. The van der Waals surface area contributed by atoms with Crippen molar-refractivity contribution in [1.82, 2.24) is 10.2 Å².